The Morgan fingerprint density at radius 2 is 1.94 bits per heavy atom. The molecule has 0 saturated carbocycles. The lowest BCUT2D eigenvalue weighted by Gasteiger charge is -2.28. The summed E-state index contributed by atoms with van der Waals surface area (Å²) in [5.74, 6) is -0.0339. The molecule has 0 unspecified atom stereocenters. The van der Waals surface area contributed by atoms with Crippen LogP contribution in [0.2, 0.25) is 0 Å². The van der Waals surface area contributed by atoms with Crippen molar-refractivity contribution in [2.24, 2.45) is 0 Å². The maximum Gasteiger partial charge on any atom is 0.410 e. The van der Waals surface area contributed by atoms with E-state index >= 15 is 0 Å². The van der Waals surface area contributed by atoms with Crippen molar-refractivity contribution in [2.45, 2.75) is 49.0 Å². The van der Waals surface area contributed by atoms with E-state index in [2.05, 4.69) is 31.9 Å². The van der Waals surface area contributed by atoms with Crippen LogP contribution in [0, 0.1) is 0 Å². The highest BCUT2D eigenvalue weighted by Gasteiger charge is 2.37. The minimum atomic E-state index is -0.532. The van der Waals surface area contributed by atoms with E-state index < -0.39 is 15.4 Å². The number of carbonyl (C=O) groups is 2. The summed E-state index contributed by atoms with van der Waals surface area (Å²) in [6, 6.07) is -0.381. The van der Waals surface area contributed by atoms with Crippen LogP contribution in [0.5, 0.6) is 0 Å². The number of likely N-dealkylation sites (tertiary alicyclic amines) is 1. The van der Waals surface area contributed by atoms with E-state index in [4.69, 9.17) is 4.74 Å². The van der Waals surface area contributed by atoms with Crippen molar-refractivity contribution >= 4 is 43.7 Å². The van der Waals surface area contributed by atoms with E-state index in [1.165, 1.54) is 4.90 Å². The molecule has 6 heteroatoms. The van der Waals surface area contributed by atoms with E-state index in [0.717, 1.165) is 6.42 Å². The van der Waals surface area contributed by atoms with Crippen LogP contribution in [0.4, 0.5) is 4.79 Å². The van der Waals surface area contributed by atoms with Gasteiger partial charge in [-0.3, -0.25) is 9.69 Å². The Morgan fingerprint density at radius 3 is 2.41 bits per heavy atom. The Bertz CT molecular complexity index is 312. The molecule has 1 fully saturated rings. The highest BCUT2D eigenvalue weighted by atomic mass is 79.9. The summed E-state index contributed by atoms with van der Waals surface area (Å²) in [6.07, 6.45) is 1.13. The fourth-order valence-electron chi connectivity index (χ4n) is 1.75. The third-order valence-electron chi connectivity index (χ3n) is 2.42. The minimum absolute atomic E-state index is 0.0339. The lowest BCUT2D eigenvalue weighted by atomic mass is 10.1. The molecule has 1 atom stereocenters. The highest BCUT2D eigenvalue weighted by molar-refractivity contribution is 9.25. The molecule has 0 spiro atoms. The normalized spacial score (nSPS) is 20.8. The van der Waals surface area contributed by atoms with Crippen LogP contribution in [-0.2, 0) is 9.53 Å². The van der Waals surface area contributed by atoms with Gasteiger partial charge in [-0.25, -0.2) is 4.79 Å². The highest BCUT2D eigenvalue weighted by Crippen LogP contribution is 2.25. The summed E-state index contributed by atoms with van der Waals surface area (Å²) in [5.41, 5.74) is -0.532. The van der Waals surface area contributed by atoms with Gasteiger partial charge in [0.2, 0.25) is 0 Å². The van der Waals surface area contributed by atoms with Crippen LogP contribution in [0.3, 0.4) is 0 Å². The average molecular weight is 371 g/mol. The van der Waals surface area contributed by atoms with Crippen LogP contribution in [0.25, 0.3) is 0 Å². The van der Waals surface area contributed by atoms with Gasteiger partial charge in [0.15, 0.2) is 5.78 Å². The molecule has 98 valence electrons. The Kier molecular flexibility index (Phi) is 5.01. The number of alkyl halides is 2. The first-order chi connectivity index (χ1) is 7.72. The molecule has 1 rings (SSSR count). The number of Topliss-reactive ketones (excluding diaryl/α,β-unsaturated/α-hetero) is 1. The van der Waals surface area contributed by atoms with Crippen molar-refractivity contribution in [3.05, 3.63) is 0 Å². The number of carbonyl (C=O) groups excluding carboxylic acids is 2. The van der Waals surface area contributed by atoms with E-state index in [1.807, 2.05) is 20.8 Å². The summed E-state index contributed by atoms with van der Waals surface area (Å²) in [6.45, 7) is 6.03. The molecule has 0 radical (unpaired) electrons. The molecule has 0 aliphatic carbocycles. The maximum atomic E-state index is 11.9. The number of hydrogen-bond acceptors (Lipinski definition) is 3. The Labute approximate surface area is 118 Å². The van der Waals surface area contributed by atoms with E-state index in [-0.39, 0.29) is 11.8 Å². The third-order valence-corrected chi connectivity index (χ3v) is 3.33. The molecular formula is C11H17Br2NO3. The van der Waals surface area contributed by atoms with Crippen LogP contribution in [0.1, 0.15) is 33.6 Å². The molecule has 17 heavy (non-hydrogen) atoms. The number of rotatable bonds is 2. The van der Waals surface area contributed by atoms with Crippen LogP contribution >= 0.6 is 31.9 Å². The molecule has 0 aromatic carbocycles. The fourth-order valence-corrected chi connectivity index (χ4v) is 2.36. The smallest absolute Gasteiger partial charge is 0.410 e. The molecule has 0 aromatic heterocycles. The quantitative estimate of drug-likeness (QED) is 0.701. The van der Waals surface area contributed by atoms with Gasteiger partial charge in [-0.05, 0) is 33.6 Å². The zero-order valence-electron chi connectivity index (χ0n) is 10.2. The molecule has 1 aliphatic heterocycles. The summed E-state index contributed by atoms with van der Waals surface area (Å²) >= 11 is 6.35. The van der Waals surface area contributed by atoms with E-state index in [9.17, 15) is 9.59 Å². The van der Waals surface area contributed by atoms with Gasteiger partial charge in [0.05, 0.1) is 6.04 Å². The summed E-state index contributed by atoms with van der Waals surface area (Å²) in [4.78, 5) is 25.3. The van der Waals surface area contributed by atoms with Crippen molar-refractivity contribution in [1.82, 2.24) is 4.90 Å². The summed E-state index contributed by atoms with van der Waals surface area (Å²) < 4.78 is 4.87. The first-order valence-electron chi connectivity index (χ1n) is 5.54. The Hall–Kier alpha value is -0.100. The van der Waals surface area contributed by atoms with Crippen molar-refractivity contribution in [3.63, 3.8) is 0 Å². The van der Waals surface area contributed by atoms with Gasteiger partial charge in [0.25, 0.3) is 0 Å². The molecule has 1 heterocycles. The van der Waals surface area contributed by atoms with E-state index in [1.54, 1.807) is 0 Å². The van der Waals surface area contributed by atoms with Gasteiger partial charge in [-0.15, -0.1) is 0 Å². The van der Waals surface area contributed by atoms with Crippen molar-refractivity contribution in [3.8, 4) is 0 Å². The van der Waals surface area contributed by atoms with Crippen LogP contribution in [-0.4, -0.2) is 38.7 Å². The Balaban J connectivity index is 2.70. The average Bonchev–Trinajstić information content (AvgIpc) is 2.61. The zero-order valence-corrected chi connectivity index (χ0v) is 13.4. The monoisotopic (exact) mass is 369 g/mol. The number of halogens is 2. The molecule has 0 bridgehead atoms. The van der Waals surface area contributed by atoms with E-state index in [0.29, 0.717) is 13.0 Å². The molecule has 1 aliphatic rings. The molecule has 0 N–H and O–H groups in total. The second-order valence-corrected chi connectivity index (χ2v) is 8.09. The number of hydrogen-bond donors (Lipinski definition) is 0. The third kappa shape index (κ3) is 4.25. The van der Waals surface area contributed by atoms with Crippen LogP contribution < -0.4 is 0 Å². The second-order valence-electron chi connectivity index (χ2n) is 5.03. The minimum Gasteiger partial charge on any atom is -0.444 e. The number of nitrogens with zero attached hydrogens (tertiary/aromatic N) is 1. The first-order valence-corrected chi connectivity index (χ1v) is 7.37. The van der Waals surface area contributed by atoms with Gasteiger partial charge in [-0.2, -0.15) is 0 Å². The number of ether oxygens (including phenoxy) is 1. The Morgan fingerprint density at radius 1 is 1.35 bits per heavy atom. The predicted octanol–water partition coefficient (Wildman–Crippen LogP) is 3.07. The van der Waals surface area contributed by atoms with Crippen molar-refractivity contribution in [2.75, 3.05) is 6.54 Å². The fraction of sp³-hybridized carbons (Fsp3) is 0.818. The van der Waals surface area contributed by atoms with Gasteiger partial charge in [0.1, 0.15) is 9.34 Å². The predicted molar refractivity (Wildman–Crippen MR) is 72.6 cm³/mol. The summed E-state index contributed by atoms with van der Waals surface area (Å²) in [5, 5.41) is 0. The number of ketones is 1. The standard InChI is InChI=1S/C11H17Br2NO3/c1-11(2,3)17-10(16)14-6-4-5-7(14)8(15)9(12)13/h7,9H,4-6H2,1-3H3/t7-/m0/s1. The second kappa shape index (κ2) is 5.69. The van der Waals surface area contributed by atoms with Gasteiger partial charge < -0.3 is 4.74 Å². The molecular weight excluding hydrogens is 354 g/mol. The van der Waals surface area contributed by atoms with Gasteiger partial charge in [-0.1, -0.05) is 31.9 Å². The SMILES string of the molecule is CC(C)(C)OC(=O)N1CCC[C@H]1C(=O)C(Br)Br. The maximum absolute atomic E-state index is 11.9. The zero-order chi connectivity index (χ0) is 13.2. The number of amides is 1. The molecule has 0 aromatic rings. The molecule has 1 saturated heterocycles. The largest absolute Gasteiger partial charge is 0.444 e. The molecule has 4 nitrogen and oxygen atoms in total. The van der Waals surface area contributed by atoms with Crippen molar-refractivity contribution < 1.29 is 14.3 Å². The lowest BCUT2D eigenvalue weighted by molar-refractivity contribution is -0.121. The lowest BCUT2D eigenvalue weighted by Crippen LogP contribution is -2.44. The topological polar surface area (TPSA) is 46.6 Å². The summed E-state index contributed by atoms with van der Waals surface area (Å²) in [7, 11) is 0. The first kappa shape index (κ1) is 15.0. The molecule has 1 amide bonds. The van der Waals surface area contributed by atoms with Gasteiger partial charge in [0, 0.05) is 6.54 Å². The van der Waals surface area contributed by atoms with Crippen molar-refractivity contribution in [1.29, 1.82) is 0 Å². The van der Waals surface area contributed by atoms with Crippen LogP contribution in [0.15, 0.2) is 0 Å². The van der Waals surface area contributed by atoms with Gasteiger partial charge >= 0.3 is 6.09 Å².